The molecule has 260 valence electrons. The third-order valence-corrected chi connectivity index (χ3v) is 7.20. The Morgan fingerprint density at radius 1 is 0.787 bits per heavy atom. The number of aliphatic hydroxyl groups is 1. The minimum absolute atomic E-state index is 0.173. The fourth-order valence-electron chi connectivity index (χ4n) is 4.98. The summed E-state index contributed by atoms with van der Waals surface area (Å²) in [5, 5.41) is 15.6. The van der Waals surface area contributed by atoms with Gasteiger partial charge >= 0.3 is 12.1 Å². The average Bonchev–Trinajstić information content (AvgIpc) is 2.98. The van der Waals surface area contributed by atoms with Crippen LogP contribution in [-0.4, -0.2) is 70.3 Å². The first-order valence-electron chi connectivity index (χ1n) is 16.6. The third-order valence-electron chi connectivity index (χ3n) is 7.20. The molecule has 0 bridgehead atoms. The number of nitrogens with zero attached hydrogens (tertiary/aromatic N) is 1. The monoisotopic (exact) mass is 653 g/mol. The number of amides is 3. The number of hydrogen-bond acceptors (Lipinski definition) is 7. The minimum Gasteiger partial charge on any atom is -0.458 e. The fraction of sp³-hybridized carbons (Fsp3) is 0.568. The molecule has 0 aliphatic heterocycles. The van der Waals surface area contributed by atoms with Crippen molar-refractivity contribution in [3.8, 4) is 0 Å². The number of carbonyl (C=O) groups is 4. The normalized spacial score (nSPS) is 13.6. The van der Waals surface area contributed by atoms with Gasteiger partial charge in [-0.15, -0.1) is 0 Å². The molecule has 0 heterocycles. The van der Waals surface area contributed by atoms with Gasteiger partial charge in [0, 0.05) is 13.0 Å². The number of aryl methyl sites for hydroxylation is 1. The van der Waals surface area contributed by atoms with Crippen LogP contribution in [0.1, 0.15) is 103 Å². The molecule has 0 aromatic heterocycles. The van der Waals surface area contributed by atoms with Gasteiger partial charge in [-0.1, -0.05) is 92.8 Å². The Morgan fingerprint density at radius 2 is 1.38 bits per heavy atom. The zero-order valence-electron chi connectivity index (χ0n) is 29.4. The SMILES string of the molecule is CCCCCCCN(C(=O)C(CO)NC(=O)OC(C)(C)C)C(C(=O)NC(Cc1ccccc1)C(=O)OC(C)(C)C)c1ccc(C)cc1. The summed E-state index contributed by atoms with van der Waals surface area (Å²) in [6.45, 7) is 13.8. The molecule has 0 aliphatic rings. The highest BCUT2D eigenvalue weighted by Gasteiger charge is 2.38. The predicted octanol–water partition coefficient (Wildman–Crippen LogP) is 5.79. The minimum atomic E-state index is -1.37. The third kappa shape index (κ3) is 14.2. The van der Waals surface area contributed by atoms with Crippen molar-refractivity contribution in [1.29, 1.82) is 0 Å². The van der Waals surface area contributed by atoms with E-state index in [1.54, 1.807) is 53.7 Å². The summed E-state index contributed by atoms with van der Waals surface area (Å²) < 4.78 is 11.0. The largest absolute Gasteiger partial charge is 0.458 e. The van der Waals surface area contributed by atoms with Gasteiger partial charge in [0.1, 0.15) is 29.3 Å². The van der Waals surface area contributed by atoms with Crippen molar-refractivity contribution in [2.45, 2.75) is 123 Å². The summed E-state index contributed by atoms with van der Waals surface area (Å²) in [4.78, 5) is 56.1. The lowest BCUT2D eigenvalue weighted by Crippen LogP contribution is -2.56. The number of aliphatic hydroxyl groups excluding tert-OH is 1. The number of esters is 1. The van der Waals surface area contributed by atoms with E-state index < -0.39 is 59.8 Å². The number of hydrogen-bond donors (Lipinski definition) is 3. The molecule has 47 heavy (non-hydrogen) atoms. The molecule has 0 radical (unpaired) electrons. The molecule has 0 aliphatic carbocycles. The van der Waals surface area contributed by atoms with Crippen molar-refractivity contribution >= 4 is 23.9 Å². The van der Waals surface area contributed by atoms with Gasteiger partial charge in [0.2, 0.25) is 11.8 Å². The maximum atomic E-state index is 14.4. The fourth-order valence-corrected chi connectivity index (χ4v) is 4.98. The van der Waals surface area contributed by atoms with Gasteiger partial charge < -0.3 is 30.1 Å². The molecule has 0 spiro atoms. The number of carbonyl (C=O) groups excluding carboxylic acids is 4. The van der Waals surface area contributed by atoms with Crippen LogP contribution in [0.25, 0.3) is 0 Å². The Balaban J connectivity index is 2.56. The second-order valence-electron chi connectivity index (χ2n) is 13.9. The number of unbranched alkanes of at least 4 members (excludes halogenated alkanes) is 4. The Hall–Kier alpha value is -3.92. The zero-order chi connectivity index (χ0) is 35.2. The van der Waals surface area contributed by atoms with Crippen LogP contribution in [0.4, 0.5) is 4.79 Å². The molecule has 2 aromatic rings. The van der Waals surface area contributed by atoms with E-state index in [0.29, 0.717) is 12.0 Å². The van der Waals surface area contributed by atoms with E-state index >= 15 is 0 Å². The molecule has 10 heteroatoms. The molecule has 0 fully saturated rings. The van der Waals surface area contributed by atoms with Gasteiger partial charge in [-0.05, 0) is 66.0 Å². The lowest BCUT2D eigenvalue weighted by atomic mass is 9.99. The van der Waals surface area contributed by atoms with Crippen molar-refractivity contribution in [2.24, 2.45) is 0 Å². The molecule has 2 rings (SSSR count). The van der Waals surface area contributed by atoms with Gasteiger partial charge in [0.05, 0.1) is 6.61 Å². The zero-order valence-corrected chi connectivity index (χ0v) is 29.4. The Bertz CT molecular complexity index is 1280. The summed E-state index contributed by atoms with van der Waals surface area (Å²) in [5.74, 6) is -1.84. The van der Waals surface area contributed by atoms with Crippen LogP contribution in [-0.2, 0) is 30.3 Å². The van der Waals surface area contributed by atoms with Crippen molar-refractivity contribution in [3.63, 3.8) is 0 Å². The highest BCUT2D eigenvalue weighted by atomic mass is 16.6. The Kier molecular flexibility index (Phi) is 15.4. The second-order valence-corrected chi connectivity index (χ2v) is 13.9. The first-order valence-corrected chi connectivity index (χ1v) is 16.6. The number of rotatable bonds is 16. The molecule has 3 unspecified atom stereocenters. The average molecular weight is 654 g/mol. The van der Waals surface area contributed by atoms with Crippen LogP contribution in [0, 0.1) is 6.92 Å². The summed E-state index contributed by atoms with van der Waals surface area (Å²) in [7, 11) is 0. The van der Waals surface area contributed by atoms with E-state index in [4.69, 9.17) is 9.47 Å². The molecule has 2 aromatic carbocycles. The van der Waals surface area contributed by atoms with E-state index in [1.807, 2.05) is 49.4 Å². The standard InChI is InChI=1S/C37H55N3O7/c1-9-10-11-12-16-23-40(33(43)30(25-41)39-35(45)47-37(6,7)8)31(28-21-19-26(2)20-22-28)32(42)38-29(34(44)46-36(3,4)5)24-27-17-14-13-15-18-27/h13-15,17-22,29-31,41H,9-12,16,23-25H2,1-8H3,(H,38,42)(H,39,45). The highest BCUT2D eigenvalue weighted by molar-refractivity contribution is 5.94. The Labute approximate surface area is 280 Å². The maximum absolute atomic E-state index is 14.4. The first-order chi connectivity index (χ1) is 22.0. The molecule has 3 atom stereocenters. The maximum Gasteiger partial charge on any atom is 0.408 e. The van der Waals surface area contributed by atoms with Gasteiger partial charge in [-0.2, -0.15) is 0 Å². The highest BCUT2D eigenvalue weighted by Crippen LogP contribution is 2.25. The predicted molar refractivity (Wildman–Crippen MR) is 183 cm³/mol. The Morgan fingerprint density at radius 3 is 1.94 bits per heavy atom. The van der Waals surface area contributed by atoms with Crippen molar-refractivity contribution < 1.29 is 33.8 Å². The molecule has 10 nitrogen and oxygen atoms in total. The van der Waals surface area contributed by atoms with Gasteiger partial charge in [0.25, 0.3) is 0 Å². The molecule has 3 N–H and O–H groups in total. The summed E-state index contributed by atoms with van der Waals surface area (Å²) in [5.41, 5.74) is 0.676. The first kappa shape index (κ1) is 39.3. The number of ether oxygens (including phenoxy) is 2. The van der Waals surface area contributed by atoms with Crippen molar-refractivity contribution in [3.05, 3.63) is 71.3 Å². The van der Waals surface area contributed by atoms with Crippen LogP contribution < -0.4 is 10.6 Å². The summed E-state index contributed by atoms with van der Waals surface area (Å²) in [6.07, 6.45) is 3.74. The van der Waals surface area contributed by atoms with E-state index in [-0.39, 0.29) is 13.0 Å². The van der Waals surface area contributed by atoms with Gasteiger partial charge in [0.15, 0.2) is 0 Å². The van der Waals surface area contributed by atoms with Gasteiger partial charge in [-0.3, -0.25) is 9.59 Å². The van der Waals surface area contributed by atoms with Gasteiger partial charge in [-0.25, -0.2) is 9.59 Å². The number of nitrogens with one attached hydrogen (secondary N) is 2. The van der Waals surface area contributed by atoms with Crippen LogP contribution in [0.15, 0.2) is 54.6 Å². The number of benzene rings is 2. The molecule has 0 saturated heterocycles. The van der Waals surface area contributed by atoms with E-state index in [9.17, 15) is 24.3 Å². The van der Waals surface area contributed by atoms with Crippen LogP contribution >= 0.6 is 0 Å². The topological polar surface area (TPSA) is 134 Å². The van der Waals surface area contributed by atoms with E-state index in [1.165, 1.54) is 4.90 Å². The van der Waals surface area contributed by atoms with Crippen LogP contribution in [0.2, 0.25) is 0 Å². The lowest BCUT2D eigenvalue weighted by molar-refractivity contribution is -0.159. The summed E-state index contributed by atoms with van der Waals surface area (Å²) >= 11 is 0. The number of alkyl carbamates (subject to hydrolysis) is 1. The molecular weight excluding hydrogens is 598 g/mol. The molecule has 0 saturated carbocycles. The van der Waals surface area contributed by atoms with Crippen LogP contribution in [0.3, 0.4) is 0 Å². The van der Waals surface area contributed by atoms with Crippen molar-refractivity contribution in [2.75, 3.05) is 13.2 Å². The quantitative estimate of drug-likeness (QED) is 0.154. The smallest absolute Gasteiger partial charge is 0.408 e. The molecular formula is C37H55N3O7. The lowest BCUT2D eigenvalue weighted by Gasteiger charge is -2.35. The van der Waals surface area contributed by atoms with Crippen LogP contribution in [0.5, 0.6) is 0 Å². The van der Waals surface area contributed by atoms with Crippen molar-refractivity contribution in [1.82, 2.24) is 15.5 Å². The summed E-state index contributed by atoms with van der Waals surface area (Å²) in [6, 6.07) is 12.9. The van der Waals surface area contributed by atoms with E-state index in [0.717, 1.165) is 36.8 Å². The molecule has 3 amide bonds. The second kappa shape index (κ2) is 18.4. The van der Waals surface area contributed by atoms with E-state index in [2.05, 4.69) is 17.6 Å².